The number of carbonyl (C=O) groups excluding carboxylic acids is 1. The zero-order valence-corrected chi connectivity index (χ0v) is 10.9. The number of hydrogen-bond acceptors (Lipinski definition) is 4. The molecule has 5 heteroatoms. The van der Waals surface area contributed by atoms with Crippen LogP contribution in [0, 0.1) is 0 Å². The van der Waals surface area contributed by atoms with Gasteiger partial charge in [0, 0.05) is 6.20 Å². The second-order valence-corrected chi connectivity index (χ2v) is 5.31. The van der Waals surface area contributed by atoms with Crippen molar-refractivity contribution in [2.45, 2.75) is 20.0 Å². The van der Waals surface area contributed by atoms with Gasteiger partial charge in [-0.3, -0.25) is 4.40 Å². The number of fused-ring (bicyclic) bond motifs is 3. The van der Waals surface area contributed by atoms with Crippen LogP contribution in [0.3, 0.4) is 0 Å². The van der Waals surface area contributed by atoms with Gasteiger partial charge in [0.2, 0.25) is 0 Å². The molecule has 0 saturated carbocycles. The Balaban J connectivity index is 2.09. The zero-order chi connectivity index (χ0) is 12.7. The molecular formula is C13H12N2O2S. The van der Waals surface area contributed by atoms with E-state index in [4.69, 9.17) is 4.74 Å². The number of thiazole rings is 1. The van der Waals surface area contributed by atoms with E-state index in [1.165, 1.54) is 0 Å². The largest absolute Gasteiger partial charge is 0.458 e. The van der Waals surface area contributed by atoms with Crippen molar-refractivity contribution in [3.05, 3.63) is 36.2 Å². The van der Waals surface area contributed by atoms with Gasteiger partial charge in [-0.2, -0.15) is 0 Å². The molecule has 18 heavy (non-hydrogen) atoms. The number of carbonyl (C=O) groups is 1. The summed E-state index contributed by atoms with van der Waals surface area (Å²) in [4.78, 5) is 16.9. The molecule has 0 spiro atoms. The molecule has 2 heterocycles. The Morgan fingerprint density at radius 1 is 1.39 bits per heavy atom. The Labute approximate surface area is 108 Å². The summed E-state index contributed by atoms with van der Waals surface area (Å²) in [7, 11) is 0. The maximum atomic E-state index is 11.8. The third-order valence-electron chi connectivity index (χ3n) is 2.55. The lowest BCUT2D eigenvalue weighted by Gasteiger charge is -2.04. The Kier molecular flexibility index (Phi) is 2.56. The van der Waals surface area contributed by atoms with Crippen LogP contribution >= 0.6 is 11.3 Å². The Morgan fingerprint density at radius 3 is 2.94 bits per heavy atom. The van der Waals surface area contributed by atoms with Gasteiger partial charge >= 0.3 is 5.97 Å². The fourth-order valence-corrected chi connectivity index (χ4v) is 2.83. The molecule has 1 aromatic carbocycles. The van der Waals surface area contributed by atoms with Crippen molar-refractivity contribution >= 4 is 32.5 Å². The van der Waals surface area contributed by atoms with E-state index in [1.54, 1.807) is 17.5 Å². The van der Waals surface area contributed by atoms with E-state index in [0.717, 1.165) is 15.2 Å². The van der Waals surface area contributed by atoms with E-state index in [0.29, 0.717) is 5.69 Å². The van der Waals surface area contributed by atoms with Gasteiger partial charge in [0.15, 0.2) is 10.7 Å². The first-order valence-corrected chi connectivity index (χ1v) is 6.54. The van der Waals surface area contributed by atoms with Crippen molar-refractivity contribution in [3.63, 3.8) is 0 Å². The third-order valence-corrected chi connectivity index (χ3v) is 3.59. The molecule has 4 nitrogen and oxygen atoms in total. The SMILES string of the molecule is CC(C)OC(=O)c1cn2c(n1)sc1ccccc12. The Morgan fingerprint density at radius 2 is 2.17 bits per heavy atom. The summed E-state index contributed by atoms with van der Waals surface area (Å²) in [6, 6.07) is 8.02. The lowest BCUT2D eigenvalue weighted by atomic mass is 10.3. The van der Waals surface area contributed by atoms with Crippen LogP contribution < -0.4 is 0 Å². The van der Waals surface area contributed by atoms with E-state index in [-0.39, 0.29) is 12.1 Å². The lowest BCUT2D eigenvalue weighted by Crippen LogP contribution is -2.11. The number of aromatic nitrogens is 2. The number of rotatable bonds is 2. The smallest absolute Gasteiger partial charge is 0.358 e. The van der Waals surface area contributed by atoms with E-state index in [1.807, 2.05) is 42.5 Å². The number of imidazole rings is 1. The summed E-state index contributed by atoms with van der Waals surface area (Å²) in [5.74, 6) is -0.370. The van der Waals surface area contributed by atoms with Crippen LogP contribution in [-0.4, -0.2) is 21.5 Å². The van der Waals surface area contributed by atoms with E-state index in [9.17, 15) is 4.79 Å². The fraction of sp³-hybridized carbons (Fsp3) is 0.231. The van der Waals surface area contributed by atoms with Crippen molar-refractivity contribution in [1.82, 2.24) is 9.38 Å². The average molecular weight is 260 g/mol. The predicted octanol–water partition coefficient (Wildman–Crippen LogP) is 3.11. The molecule has 0 saturated heterocycles. The van der Waals surface area contributed by atoms with Crippen molar-refractivity contribution in [2.75, 3.05) is 0 Å². The van der Waals surface area contributed by atoms with Crippen LogP contribution in [0.4, 0.5) is 0 Å². The quantitative estimate of drug-likeness (QED) is 0.665. The minimum absolute atomic E-state index is 0.131. The summed E-state index contributed by atoms with van der Waals surface area (Å²) in [6.07, 6.45) is 1.60. The highest BCUT2D eigenvalue weighted by Crippen LogP contribution is 2.26. The molecule has 0 unspecified atom stereocenters. The minimum Gasteiger partial charge on any atom is -0.458 e. The summed E-state index contributed by atoms with van der Waals surface area (Å²) in [6.45, 7) is 3.65. The molecule has 0 fully saturated rings. The number of hydrogen-bond donors (Lipinski definition) is 0. The number of para-hydroxylation sites is 1. The van der Waals surface area contributed by atoms with Gasteiger partial charge < -0.3 is 4.74 Å². The molecule has 0 atom stereocenters. The van der Waals surface area contributed by atoms with Crippen LogP contribution in [-0.2, 0) is 4.74 Å². The average Bonchev–Trinajstić information content (AvgIpc) is 2.84. The van der Waals surface area contributed by atoms with Crippen molar-refractivity contribution < 1.29 is 9.53 Å². The van der Waals surface area contributed by atoms with Gasteiger partial charge in [-0.05, 0) is 26.0 Å². The van der Waals surface area contributed by atoms with Crippen molar-refractivity contribution in [2.24, 2.45) is 0 Å². The van der Waals surface area contributed by atoms with Crippen LogP contribution in [0.25, 0.3) is 15.2 Å². The second kappa shape index (κ2) is 4.10. The van der Waals surface area contributed by atoms with E-state index < -0.39 is 0 Å². The van der Waals surface area contributed by atoms with Crippen LogP contribution in [0.15, 0.2) is 30.5 Å². The maximum Gasteiger partial charge on any atom is 0.358 e. The molecule has 0 N–H and O–H groups in total. The summed E-state index contributed by atoms with van der Waals surface area (Å²) in [5, 5.41) is 0. The molecule has 92 valence electrons. The molecular weight excluding hydrogens is 248 g/mol. The number of nitrogens with zero attached hydrogens (tertiary/aromatic N) is 2. The maximum absolute atomic E-state index is 11.8. The second-order valence-electron chi connectivity index (χ2n) is 4.30. The Bertz CT molecular complexity index is 727. The van der Waals surface area contributed by atoms with E-state index >= 15 is 0 Å². The van der Waals surface area contributed by atoms with Gasteiger partial charge in [-0.15, -0.1) is 0 Å². The highest BCUT2D eigenvalue weighted by Gasteiger charge is 2.16. The molecule has 3 rings (SSSR count). The minimum atomic E-state index is -0.370. The standard InChI is InChI=1S/C13H12N2O2S/c1-8(2)17-12(16)9-7-15-10-5-3-4-6-11(10)18-13(15)14-9/h3-8H,1-2H3. The third kappa shape index (κ3) is 1.76. The zero-order valence-electron chi connectivity index (χ0n) is 10.1. The molecule has 0 radical (unpaired) electrons. The predicted molar refractivity (Wildman–Crippen MR) is 71.1 cm³/mol. The normalized spacial score (nSPS) is 11.5. The highest BCUT2D eigenvalue weighted by molar-refractivity contribution is 7.23. The van der Waals surface area contributed by atoms with Gasteiger partial charge in [0.05, 0.1) is 16.3 Å². The molecule has 0 aliphatic heterocycles. The first-order valence-electron chi connectivity index (χ1n) is 5.73. The molecule has 0 amide bonds. The van der Waals surface area contributed by atoms with Gasteiger partial charge in [-0.1, -0.05) is 23.5 Å². The fourth-order valence-electron chi connectivity index (χ4n) is 1.82. The summed E-state index contributed by atoms with van der Waals surface area (Å²) >= 11 is 1.56. The topological polar surface area (TPSA) is 43.6 Å². The molecule has 3 aromatic rings. The Hall–Kier alpha value is -1.88. The monoisotopic (exact) mass is 260 g/mol. The van der Waals surface area contributed by atoms with Gasteiger partial charge in [0.1, 0.15) is 0 Å². The number of ether oxygens (including phenoxy) is 1. The molecule has 0 aliphatic carbocycles. The van der Waals surface area contributed by atoms with Gasteiger partial charge in [-0.25, -0.2) is 9.78 Å². The lowest BCUT2D eigenvalue weighted by molar-refractivity contribution is 0.0371. The highest BCUT2D eigenvalue weighted by atomic mass is 32.1. The van der Waals surface area contributed by atoms with Gasteiger partial charge in [0.25, 0.3) is 0 Å². The van der Waals surface area contributed by atoms with Crippen LogP contribution in [0.2, 0.25) is 0 Å². The summed E-state index contributed by atoms with van der Waals surface area (Å²) in [5.41, 5.74) is 1.43. The molecule has 0 aliphatic rings. The van der Waals surface area contributed by atoms with Crippen LogP contribution in [0.5, 0.6) is 0 Å². The van der Waals surface area contributed by atoms with Crippen LogP contribution in [0.1, 0.15) is 24.3 Å². The summed E-state index contributed by atoms with van der Waals surface area (Å²) < 4.78 is 8.22. The first kappa shape index (κ1) is 11.2. The van der Waals surface area contributed by atoms with Crippen molar-refractivity contribution in [1.29, 1.82) is 0 Å². The number of benzene rings is 1. The first-order chi connectivity index (χ1) is 8.65. The van der Waals surface area contributed by atoms with Crippen molar-refractivity contribution in [3.8, 4) is 0 Å². The molecule has 2 aromatic heterocycles. The molecule has 0 bridgehead atoms. The number of esters is 1. The van der Waals surface area contributed by atoms with E-state index in [2.05, 4.69) is 4.98 Å².